The maximum atomic E-state index is 4.38. The van der Waals surface area contributed by atoms with Gasteiger partial charge in [-0.2, -0.15) is 0 Å². The Bertz CT molecular complexity index is 569. The molecule has 0 aliphatic rings. The van der Waals surface area contributed by atoms with Crippen LogP contribution in [0.5, 0.6) is 0 Å². The van der Waals surface area contributed by atoms with Gasteiger partial charge in [0.15, 0.2) is 0 Å². The molecule has 1 aromatic carbocycles. The highest BCUT2D eigenvalue weighted by molar-refractivity contribution is 9.10. The third-order valence-corrected chi connectivity index (χ3v) is 4.99. The first kappa shape index (κ1) is 17.0. The number of nitrogens with one attached hydrogen (secondary N) is 1. The monoisotopic (exact) mass is 360 g/mol. The number of rotatable bonds is 8. The molecule has 0 saturated heterocycles. The third kappa shape index (κ3) is 4.57. The molecule has 2 aromatic rings. The Balaban J connectivity index is 1.84. The van der Waals surface area contributed by atoms with Gasteiger partial charge in [-0.25, -0.2) is 0 Å². The smallest absolute Gasteiger partial charge is 0.0622 e. The number of hydrogen-bond donors (Lipinski definition) is 1. The highest BCUT2D eigenvalue weighted by Gasteiger charge is 2.09. The molecule has 0 saturated carbocycles. The van der Waals surface area contributed by atoms with Gasteiger partial charge in [0.1, 0.15) is 0 Å². The quantitative estimate of drug-likeness (QED) is 0.602. The van der Waals surface area contributed by atoms with Crippen molar-refractivity contribution in [2.45, 2.75) is 45.4 Å². The summed E-state index contributed by atoms with van der Waals surface area (Å²) < 4.78 is 1.10. The summed E-state index contributed by atoms with van der Waals surface area (Å²) in [5.74, 6) is 0.662. The molecule has 22 heavy (non-hydrogen) atoms. The van der Waals surface area contributed by atoms with Gasteiger partial charge in [-0.05, 0) is 59.2 Å². The molecule has 1 heterocycles. The Morgan fingerprint density at radius 1 is 1.14 bits per heavy atom. The summed E-state index contributed by atoms with van der Waals surface area (Å²) >= 11 is 3.65. The van der Waals surface area contributed by atoms with Crippen molar-refractivity contribution >= 4 is 21.6 Å². The molecule has 2 nitrogen and oxygen atoms in total. The normalized spacial score (nSPS) is 12.1. The average molecular weight is 361 g/mol. The summed E-state index contributed by atoms with van der Waals surface area (Å²) in [5, 5.41) is 3.53. The minimum Gasteiger partial charge on any atom is -0.384 e. The summed E-state index contributed by atoms with van der Waals surface area (Å²) in [5.41, 5.74) is 3.73. The summed E-state index contributed by atoms with van der Waals surface area (Å²) in [6.45, 7) is 5.40. The van der Waals surface area contributed by atoms with Crippen molar-refractivity contribution in [3.63, 3.8) is 0 Å². The number of nitrogens with zero attached hydrogens (tertiary/aromatic N) is 1. The zero-order chi connectivity index (χ0) is 15.8. The van der Waals surface area contributed by atoms with Gasteiger partial charge in [0, 0.05) is 12.7 Å². The van der Waals surface area contributed by atoms with Crippen LogP contribution in [-0.4, -0.2) is 11.5 Å². The molecule has 1 N–H and O–H groups in total. The summed E-state index contributed by atoms with van der Waals surface area (Å²) in [7, 11) is 0. The van der Waals surface area contributed by atoms with Crippen LogP contribution in [0.4, 0.5) is 5.69 Å². The summed E-state index contributed by atoms with van der Waals surface area (Å²) in [6, 6.07) is 12.9. The van der Waals surface area contributed by atoms with E-state index in [2.05, 4.69) is 70.4 Å². The molecule has 0 spiro atoms. The topological polar surface area (TPSA) is 24.9 Å². The molecule has 2 rings (SSSR count). The van der Waals surface area contributed by atoms with Gasteiger partial charge >= 0.3 is 0 Å². The second-order valence-corrected chi connectivity index (χ2v) is 6.35. The van der Waals surface area contributed by atoms with Crippen molar-refractivity contribution in [2.75, 3.05) is 11.9 Å². The van der Waals surface area contributed by atoms with Crippen molar-refractivity contribution in [1.29, 1.82) is 0 Å². The van der Waals surface area contributed by atoms with Crippen molar-refractivity contribution in [3.8, 4) is 0 Å². The van der Waals surface area contributed by atoms with Gasteiger partial charge in [0.25, 0.3) is 0 Å². The van der Waals surface area contributed by atoms with E-state index in [-0.39, 0.29) is 0 Å². The number of aryl methyl sites for hydroxylation is 1. The van der Waals surface area contributed by atoms with Crippen molar-refractivity contribution in [2.24, 2.45) is 0 Å². The Morgan fingerprint density at radius 2 is 1.91 bits per heavy atom. The van der Waals surface area contributed by atoms with E-state index in [4.69, 9.17) is 0 Å². The molecule has 0 bridgehead atoms. The lowest BCUT2D eigenvalue weighted by molar-refractivity contribution is 0.587. The average Bonchev–Trinajstić information content (AvgIpc) is 2.57. The van der Waals surface area contributed by atoms with E-state index in [0.29, 0.717) is 5.92 Å². The van der Waals surface area contributed by atoms with Crippen LogP contribution < -0.4 is 5.32 Å². The van der Waals surface area contributed by atoms with E-state index in [1.54, 1.807) is 0 Å². The number of hydrogen-bond acceptors (Lipinski definition) is 2. The number of anilines is 1. The molecule has 0 aliphatic carbocycles. The lowest BCUT2D eigenvalue weighted by atomic mass is 9.92. The zero-order valence-corrected chi connectivity index (χ0v) is 15.1. The van der Waals surface area contributed by atoms with Crippen molar-refractivity contribution in [1.82, 2.24) is 4.98 Å². The number of benzene rings is 1. The minimum atomic E-state index is 0.662. The third-order valence-electron chi connectivity index (χ3n) is 4.10. The molecule has 0 radical (unpaired) electrons. The molecule has 0 fully saturated rings. The summed E-state index contributed by atoms with van der Waals surface area (Å²) in [6.07, 6.45) is 6.41. The molecule has 1 unspecified atom stereocenters. The zero-order valence-electron chi connectivity index (χ0n) is 13.5. The van der Waals surface area contributed by atoms with Crippen LogP contribution in [0.1, 0.15) is 50.3 Å². The minimum absolute atomic E-state index is 0.662. The van der Waals surface area contributed by atoms with E-state index in [1.807, 2.05) is 12.3 Å². The lowest BCUT2D eigenvalue weighted by Gasteiger charge is -2.16. The van der Waals surface area contributed by atoms with Crippen LogP contribution in [-0.2, 0) is 6.42 Å². The van der Waals surface area contributed by atoms with Crippen LogP contribution >= 0.6 is 15.9 Å². The van der Waals surface area contributed by atoms with E-state index in [1.165, 1.54) is 24.8 Å². The first-order valence-electron chi connectivity index (χ1n) is 8.18. The molecule has 3 heteroatoms. The first-order valence-corrected chi connectivity index (χ1v) is 8.97. The molecule has 0 amide bonds. The number of pyridine rings is 1. The van der Waals surface area contributed by atoms with Gasteiger partial charge < -0.3 is 5.32 Å². The second-order valence-electron chi connectivity index (χ2n) is 5.56. The maximum absolute atomic E-state index is 4.38. The SMILES string of the molecule is CCc1nccc(NCCCC(CC)c2ccccc2)c1Br. The standard InChI is InChI=1S/C19H25BrN2/c1-3-15(16-9-6-5-7-10-16)11-8-13-21-18-12-14-22-17(4-2)19(18)20/h5-7,9-10,12,14-15H,3-4,8,11,13H2,1-2H3,(H,21,22). The van der Waals surface area contributed by atoms with Crippen molar-refractivity contribution < 1.29 is 0 Å². The molecular formula is C19H25BrN2. The molecule has 0 aliphatic heterocycles. The Kier molecular flexibility index (Phi) is 6.91. The van der Waals surface area contributed by atoms with Crippen LogP contribution in [0.3, 0.4) is 0 Å². The maximum Gasteiger partial charge on any atom is 0.0622 e. The Hall–Kier alpha value is -1.35. The van der Waals surface area contributed by atoms with Gasteiger partial charge in [-0.1, -0.05) is 44.2 Å². The second kappa shape index (κ2) is 8.94. The molecular weight excluding hydrogens is 336 g/mol. The first-order chi connectivity index (χ1) is 10.8. The van der Waals surface area contributed by atoms with Gasteiger partial charge in [-0.3, -0.25) is 4.98 Å². The van der Waals surface area contributed by atoms with Crippen LogP contribution in [0, 0.1) is 0 Å². The van der Waals surface area contributed by atoms with E-state index < -0.39 is 0 Å². The highest BCUT2D eigenvalue weighted by Crippen LogP contribution is 2.27. The van der Waals surface area contributed by atoms with Gasteiger partial charge in [0.05, 0.1) is 15.9 Å². The van der Waals surface area contributed by atoms with Crippen molar-refractivity contribution in [3.05, 3.63) is 58.3 Å². The molecule has 1 atom stereocenters. The predicted molar refractivity (Wildman–Crippen MR) is 98.5 cm³/mol. The Morgan fingerprint density at radius 3 is 2.59 bits per heavy atom. The lowest BCUT2D eigenvalue weighted by Crippen LogP contribution is -2.06. The number of halogens is 1. The molecule has 118 valence electrons. The van der Waals surface area contributed by atoms with Crippen LogP contribution in [0.2, 0.25) is 0 Å². The van der Waals surface area contributed by atoms with Crippen LogP contribution in [0.25, 0.3) is 0 Å². The van der Waals surface area contributed by atoms with E-state index >= 15 is 0 Å². The van der Waals surface area contributed by atoms with Gasteiger partial charge in [-0.15, -0.1) is 0 Å². The predicted octanol–water partition coefficient (Wildman–Crippen LogP) is 5.79. The Labute approximate surface area is 142 Å². The number of aromatic nitrogens is 1. The molecule has 1 aromatic heterocycles. The fourth-order valence-corrected chi connectivity index (χ4v) is 3.43. The largest absolute Gasteiger partial charge is 0.384 e. The van der Waals surface area contributed by atoms with E-state index in [9.17, 15) is 0 Å². The highest BCUT2D eigenvalue weighted by atomic mass is 79.9. The van der Waals surface area contributed by atoms with Crippen LogP contribution in [0.15, 0.2) is 47.1 Å². The summed E-state index contributed by atoms with van der Waals surface area (Å²) in [4.78, 5) is 4.38. The fourth-order valence-electron chi connectivity index (χ4n) is 2.77. The van der Waals surface area contributed by atoms with E-state index in [0.717, 1.165) is 28.8 Å². The fraction of sp³-hybridized carbons (Fsp3) is 0.421. The van der Waals surface area contributed by atoms with Gasteiger partial charge in [0.2, 0.25) is 0 Å².